The molecule has 7 heteroatoms. The molecule has 3 atom stereocenters. The van der Waals surface area contributed by atoms with Gasteiger partial charge in [-0.05, 0) is 31.9 Å². The Bertz CT molecular complexity index is 790. The van der Waals surface area contributed by atoms with Crippen LogP contribution >= 0.6 is 0 Å². The Hall–Kier alpha value is -2.41. The van der Waals surface area contributed by atoms with Crippen LogP contribution < -0.4 is 4.90 Å². The number of aromatic nitrogens is 2. The summed E-state index contributed by atoms with van der Waals surface area (Å²) in [6.45, 7) is 4.79. The zero-order valence-electron chi connectivity index (χ0n) is 14.4. The molecule has 0 spiro atoms. The van der Waals surface area contributed by atoms with Crippen molar-refractivity contribution in [1.29, 1.82) is 0 Å². The summed E-state index contributed by atoms with van der Waals surface area (Å²) in [6, 6.07) is 7.53. The fourth-order valence-corrected chi connectivity index (χ4v) is 3.88. The predicted molar refractivity (Wildman–Crippen MR) is 91.1 cm³/mol. The average molecular weight is 342 g/mol. The lowest BCUT2D eigenvalue weighted by Gasteiger charge is -2.31. The molecule has 3 heterocycles. The summed E-state index contributed by atoms with van der Waals surface area (Å²) in [5.41, 5.74) is 2.39. The van der Waals surface area contributed by atoms with Crippen molar-refractivity contribution < 1.29 is 14.4 Å². The standard InChI is InChI=1S/C18H22N4O3/c1-11(21-8-7-13-5-3-4-6-15(13)21)18(24)22-10-14(23)9-16(22)17-19-12(2)20-25-17/h3-6,11,14,16,23H,7-10H2,1-2H3/t11?,14-,16+/m0/s1. The lowest BCUT2D eigenvalue weighted by molar-refractivity contribution is -0.134. The zero-order valence-corrected chi connectivity index (χ0v) is 14.4. The SMILES string of the molecule is Cc1noc([C@H]2C[C@H](O)CN2C(=O)C(C)N2CCc3ccccc32)n1. The molecule has 1 aromatic carbocycles. The monoisotopic (exact) mass is 342 g/mol. The first-order valence-electron chi connectivity index (χ1n) is 8.68. The van der Waals surface area contributed by atoms with Crippen molar-refractivity contribution in [2.24, 2.45) is 0 Å². The van der Waals surface area contributed by atoms with E-state index in [4.69, 9.17) is 4.52 Å². The van der Waals surface area contributed by atoms with Crippen LogP contribution in [0.25, 0.3) is 0 Å². The van der Waals surface area contributed by atoms with E-state index in [1.807, 2.05) is 19.1 Å². The summed E-state index contributed by atoms with van der Waals surface area (Å²) in [7, 11) is 0. The number of fused-ring (bicyclic) bond motifs is 1. The second-order valence-electron chi connectivity index (χ2n) is 6.82. The van der Waals surface area contributed by atoms with Crippen molar-refractivity contribution in [1.82, 2.24) is 15.0 Å². The topological polar surface area (TPSA) is 82.7 Å². The van der Waals surface area contributed by atoms with Gasteiger partial charge in [0, 0.05) is 25.2 Å². The van der Waals surface area contributed by atoms with Crippen LogP contribution in [0.5, 0.6) is 0 Å². The van der Waals surface area contributed by atoms with E-state index in [1.165, 1.54) is 5.56 Å². The summed E-state index contributed by atoms with van der Waals surface area (Å²) in [5.74, 6) is 0.913. The molecule has 0 bridgehead atoms. The van der Waals surface area contributed by atoms with Crippen molar-refractivity contribution in [3.8, 4) is 0 Å². The van der Waals surface area contributed by atoms with Crippen LogP contribution in [-0.2, 0) is 11.2 Å². The average Bonchev–Trinajstić information content (AvgIpc) is 3.31. The minimum atomic E-state index is -0.570. The maximum absolute atomic E-state index is 13.2. The number of rotatable bonds is 3. The van der Waals surface area contributed by atoms with Crippen LogP contribution in [-0.4, -0.2) is 51.3 Å². The summed E-state index contributed by atoms with van der Waals surface area (Å²) in [6.07, 6.45) is 0.804. The maximum atomic E-state index is 13.2. The third-order valence-corrected chi connectivity index (χ3v) is 5.14. The molecule has 7 nitrogen and oxygen atoms in total. The molecule has 1 N–H and O–H groups in total. The smallest absolute Gasteiger partial charge is 0.249 e. The number of aryl methyl sites for hydroxylation is 1. The van der Waals surface area contributed by atoms with Gasteiger partial charge in [-0.25, -0.2) is 0 Å². The molecule has 2 aliphatic rings. The summed E-state index contributed by atoms with van der Waals surface area (Å²) in [4.78, 5) is 21.2. The second kappa shape index (κ2) is 6.15. The number of amides is 1. The van der Waals surface area contributed by atoms with Gasteiger partial charge in [0.15, 0.2) is 5.82 Å². The third kappa shape index (κ3) is 2.78. The van der Waals surface area contributed by atoms with E-state index in [-0.39, 0.29) is 18.0 Å². The Balaban J connectivity index is 1.57. The first kappa shape index (κ1) is 16.1. The number of β-amino-alcohol motifs (C(OH)–C–C–N with tert-alkyl or cyclic N) is 1. The number of aliphatic hydroxyl groups is 1. The van der Waals surface area contributed by atoms with Crippen LogP contribution in [0.1, 0.15) is 36.7 Å². The number of carbonyl (C=O) groups excluding carboxylic acids is 1. The third-order valence-electron chi connectivity index (χ3n) is 5.14. The lowest BCUT2D eigenvalue weighted by Crippen LogP contribution is -2.47. The zero-order chi connectivity index (χ0) is 17.6. The minimum absolute atomic E-state index is 0.0193. The van der Waals surface area contributed by atoms with Crippen molar-refractivity contribution in [3.05, 3.63) is 41.5 Å². The van der Waals surface area contributed by atoms with E-state index < -0.39 is 6.10 Å². The fraction of sp³-hybridized carbons (Fsp3) is 0.500. The highest BCUT2D eigenvalue weighted by Gasteiger charge is 2.41. The normalized spacial score (nSPS) is 23.8. The van der Waals surface area contributed by atoms with Gasteiger partial charge in [0.25, 0.3) is 0 Å². The second-order valence-corrected chi connectivity index (χ2v) is 6.82. The number of carbonyl (C=O) groups is 1. The van der Waals surface area contributed by atoms with E-state index >= 15 is 0 Å². The van der Waals surface area contributed by atoms with Crippen LogP contribution in [0.15, 0.2) is 28.8 Å². The molecule has 2 aliphatic heterocycles. The Morgan fingerprint density at radius 2 is 2.20 bits per heavy atom. The molecule has 2 aromatic rings. The fourth-order valence-electron chi connectivity index (χ4n) is 3.88. The van der Waals surface area contributed by atoms with Gasteiger partial charge in [-0.3, -0.25) is 4.79 Å². The number of likely N-dealkylation sites (tertiary alicyclic amines) is 1. The van der Waals surface area contributed by atoms with E-state index in [0.717, 1.165) is 18.7 Å². The lowest BCUT2D eigenvalue weighted by atomic mass is 10.1. The molecule has 25 heavy (non-hydrogen) atoms. The van der Waals surface area contributed by atoms with Gasteiger partial charge < -0.3 is 19.4 Å². The first-order chi connectivity index (χ1) is 12.0. The van der Waals surface area contributed by atoms with Gasteiger partial charge in [-0.2, -0.15) is 4.98 Å². The van der Waals surface area contributed by atoms with Crippen LogP contribution in [0, 0.1) is 6.92 Å². The Kier molecular flexibility index (Phi) is 3.95. The van der Waals surface area contributed by atoms with Gasteiger partial charge in [0.1, 0.15) is 12.1 Å². The van der Waals surface area contributed by atoms with Crippen LogP contribution in [0.3, 0.4) is 0 Å². The largest absolute Gasteiger partial charge is 0.391 e. The highest BCUT2D eigenvalue weighted by molar-refractivity contribution is 5.86. The van der Waals surface area contributed by atoms with Crippen molar-refractivity contribution in [2.75, 3.05) is 18.0 Å². The molecule has 1 unspecified atom stereocenters. The number of hydrogen-bond acceptors (Lipinski definition) is 6. The molecule has 1 amide bonds. The van der Waals surface area contributed by atoms with E-state index in [0.29, 0.717) is 24.7 Å². The molecule has 4 rings (SSSR count). The van der Waals surface area contributed by atoms with E-state index in [1.54, 1.807) is 11.8 Å². The van der Waals surface area contributed by atoms with Crippen molar-refractivity contribution in [3.63, 3.8) is 0 Å². The quantitative estimate of drug-likeness (QED) is 0.909. The molecule has 1 fully saturated rings. The highest BCUT2D eigenvalue weighted by Crippen LogP contribution is 2.34. The van der Waals surface area contributed by atoms with E-state index in [9.17, 15) is 9.90 Å². The number of anilines is 1. The van der Waals surface area contributed by atoms with Crippen molar-refractivity contribution >= 4 is 11.6 Å². The molecule has 132 valence electrons. The summed E-state index contributed by atoms with van der Waals surface area (Å²) in [5, 5.41) is 13.9. The van der Waals surface area contributed by atoms with Gasteiger partial charge in [0.2, 0.25) is 11.8 Å². The molecular formula is C18H22N4O3. The predicted octanol–water partition coefficient (Wildman–Crippen LogP) is 1.46. The molecular weight excluding hydrogens is 320 g/mol. The van der Waals surface area contributed by atoms with Crippen LogP contribution in [0.4, 0.5) is 5.69 Å². The number of nitrogens with zero attached hydrogens (tertiary/aromatic N) is 4. The Labute approximate surface area is 146 Å². The Morgan fingerprint density at radius 1 is 1.40 bits per heavy atom. The van der Waals surface area contributed by atoms with Crippen molar-refractivity contribution in [2.45, 2.75) is 44.9 Å². The van der Waals surface area contributed by atoms with Gasteiger partial charge in [-0.1, -0.05) is 23.4 Å². The molecule has 0 aliphatic carbocycles. The van der Waals surface area contributed by atoms with E-state index in [2.05, 4.69) is 27.2 Å². The van der Waals surface area contributed by atoms with Gasteiger partial charge in [0.05, 0.1) is 6.10 Å². The van der Waals surface area contributed by atoms with Gasteiger partial charge in [-0.15, -0.1) is 0 Å². The molecule has 1 aromatic heterocycles. The first-order valence-corrected chi connectivity index (χ1v) is 8.68. The number of aliphatic hydroxyl groups excluding tert-OH is 1. The number of para-hydroxylation sites is 1. The minimum Gasteiger partial charge on any atom is -0.391 e. The summed E-state index contributed by atoms with van der Waals surface area (Å²) < 4.78 is 5.26. The highest BCUT2D eigenvalue weighted by atomic mass is 16.5. The summed E-state index contributed by atoms with van der Waals surface area (Å²) >= 11 is 0. The van der Waals surface area contributed by atoms with Crippen LogP contribution in [0.2, 0.25) is 0 Å². The molecule has 0 radical (unpaired) electrons. The number of hydrogen-bond donors (Lipinski definition) is 1. The Morgan fingerprint density at radius 3 is 2.96 bits per heavy atom. The van der Waals surface area contributed by atoms with Gasteiger partial charge >= 0.3 is 0 Å². The maximum Gasteiger partial charge on any atom is 0.249 e. The molecule has 0 saturated carbocycles. The number of benzene rings is 1. The molecule has 1 saturated heterocycles.